The van der Waals surface area contributed by atoms with Gasteiger partial charge in [-0.05, 0) is 30.7 Å². The summed E-state index contributed by atoms with van der Waals surface area (Å²) in [5.41, 5.74) is 1.26. The number of rotatable bonds is 5. The Morgan fingerprint density at radius 2 is 2.07 bits per heavy atom. The van der Waals surface area contributed by atoms with Gasteiger partial charge in [-0.1, -0.05) is 6.42 Å². The van der Waals surface area contributed by atoms with Crippen LogP contribution in [0.25, 0.3) is 0 Å². The number of aromatic nitrogens is 2. The quantitative estimate of drug-likeness (QED) is 0.719. The summed E-state index contributed by atoms with van der Waals surface area (Å²) in [4.78, 5) is 8.50. The molecule has 1 aliphatic carbocycles. The fraction of sp³-hybridized carbons (Fsp3) is 0.636. The summed E-state index contributed by atoms with van der Waals surface area (Å²) in [5.74, 6) is 1.35. The number of hydrogen-bond donors (Lipinski definition) is 2. The van der Waals surface area contributed by atoms with Gasteiger partial charge in [0.05, 0.1) is 0 Å². The second kappa shape index (κ2) is 5.07. The Morgan fingerprint density at radius 3 is 2.60 bits per heavy atom. The maximum Gasteiger partial charge on any atom is 0.222 e. The van der Waals surface area contributed by atoms with Gasteiger partial charge in [-0.3, -0.25) is 0 Å². The minimum atomic E-state index is 0.202. The molecule has 0 aliphatic heterocycles. The molecule has 0 amide bonds. The van der Waals surface area contributed by atoms with Gasteiger partial charge in [0.1, 0.15) is 0 Å². The first-order valence-corrected chi connectivity index (χ1v) is 5.57. The molecular formula is C11H17N3O. The Balaban J connectivity index is 1.86. The van der Waals surface area contributed by atoms with Crippen LogP contribution in [0.3, 0.4) is 0 Å². The topological polar surface area (TPSA) is 58.0 Å². The predicted molar refractivity (Wildman–Crippen MR) is 58.8 cm³/mol. The third-order valence-corrected chi connectivity index (χ3v) is 2.87. The highest BCUT2D eigenvalue weighted by Gasteiger charge is 2.19. The molecule has 0 radical (unpaired) electrons. The molecule has 1 saturated carbocycles. The van der Waals surface area contributed by atoms with Crippen LogP contribution in [0.5, 0.6) is 0 Å². The summed E-state index contributed by atoms with van der Waals surface area (Å²) in [7, 11) is 0. The third kappa shape index (κ3) is 2.65. The van der Waals surface area contributed by atoms with E-state index < -0.39 is 0 Å². The van der Waals surface area contributed by atoms with Crippen molar-refractivity contribution in [3.8, 4) is 0 Å². The molecule has 1 aromatic rings. The van der Waals surface area contributed by atoms with Crippen LogP contribution < -0.4 is 5.32 Å². The van der Waals surface area contributed by atoms with Crippen LogP contribution in [-0.4, -0.2) is 28.2 Å². The van der Waals surface area contributed by atoms with E-state index in [1.54, 1.807) is 0 Å². The number of aliphatic hydroxyl groups is 1. The van der Waals surface area contributed by atoms with Crippen LogP contribution in [0, 0.1) is 0 Å². The van der Waals surface area contributed by atoms with E-state index >= 15 is 0 Å². The molecule has 0 unspecified atom stereocenters. The van der Waals surface area contributed by atoms with E-state index in [9.17, 15) is 0 Å². The summed E-state index contributed by atoms with van der Waals surface area (Å²) in [6.45, 7) is 0.923. The van der Waals surface area contributed by atoms with Gasteiger partial charge in [-0.15, -0.1) is 0 Å². The van der Waals surface area contributed by atoms with E-state index in [2.05, 4.69) is 15.3 Å². The zero-order valence-electron chi connectivity index (χ0n) is 8.82. The van der Waals surface area contributed by atoms with Gasteiger partial charge in [-0.2, -0.15) is 0 Å². The number of anilines is 1. The molecule has 1 aliphatic rings. The van der Waals surface area contributed by atoms with E-state index in [-0.39, 0.29) is 6.61 Å². The van der Waals surface area contributed by atoms with Crippen molar-refractivity contribution in [2.45, 2.75) is 31.6 Å². The lowest BCUT2D eigenvalue weighted by Crippen LogP contribution is -2.11. The van der Waals surface area contributed by atoms with Crippen LogP contribution in [-0.2, 0) is 0 Å². The summed E-state index contributed by atoms with van der Waals surface area (Å²) in [5, 5.41) is 11.7. The largest absolute Gasteiger partial charge is 0.396 e. The Labute approximate surface area is 89.8 Å². The average molecular weight is 207 g/mol. The van der Waals surface area contributed by atoms with Gasteiger partial charge in [0.2, 0.25) is 5.95 Å². The zero-order valence-corrected chi connectivity index (χ0v) is 8.82. The zero-order chi connectivity index (χ0) is 10.5. The fourth-order valence-corrected chi connectivity index (χ4v) is 1.66. The molecule has 0 spiro atoms. The van der Waals surface area contributed by atoms with Gasteiger partial charge in [0.25, 0.3) is 0 Å². The first-order chi connectivity index (χ1) is 7.40. The molecule has 0 saturated heterocycles. The predicted octanol–water partition coefficient (Wildman–Crippen LogP) is 1.54. The van der Waals surface area contributed by atoms with Gasteiger partial charge in [0.15, 0.2) is 0 Å². The lowest BCUT2D eigenvalue weighted by molar-refractivity contribution is 0.292. The van der Waals surface area contributed by atoms with E-state index in [4.69, 9.17) is 5.11 Å². The summed E-state index contributed by atoms with van der Waals surface area (Å²) >= 11 is 0. The van der Waals surface area contributed by atoms with Crippen molar-refractivity contribution in [1.29, 1.82) is 0 Å². The van der Waals surface area contributed by atoms with Crippen LogP contribution >= 0.6 is 0 Å². The highest BCUT2D eigenvalue weighted by Crippen LogP contribution is 2.35. The summed E-state index contributed by atoms with van der Waals surface area (Å²) in [6, 6.07) is 0. The van der Waals surface area contributed by atoms with Gasteiger partial charge in [-0.25, -0.2) is 9.97 Å². The van der Waals surface area contributed by atoms with Crippen molar-refractivity contribution in [1.82, 2.24) is 9.97 Å². The average Bonchev–Trinajstić information content (AvgIpc) is 2.18. The molecule has 1 heterocycles. The number of aliphatic hydroxyl groups excluding tert-OH is 1. The first kappa shape index (κ1) is 10.4. The second-order valence-corrected chi connectivity index (χ2v) is 3.97. The van der Waals surface area contributed by atoms with Crippen molar-refractivity contribution < 1.29 is 5.11 Å². The Hall–Kier alpha value is -1.16. The number of nitrogens with zero attached hydrogens (tertiary/aromatic N) is 2. The first-order valence-electron chi connectivity index (χ1n) is 5.57. The van der Waals surface area contributed by atoms with Crippen LogP contribution in [0.2, 0.25) is 0 Å². The van der Waals surface area contributed by atoms with E-state index in [0.29, 0.717) is 11.9 Å². The standard InChI is InChI=1S/C11H17N3O/c15-6-2-5-12-11-13-7-10(8-14-11)9-3-1-4-9/h7-9,15H,1-6H2,(H,12,13,14). The molecule has 1 fully saturated rings. The van der Waals surface area contributed by atoms with Gasteiger partial charge < -0.3 is 10.4 Å². The molecule has 4 heteroatoms. The fourth-order valence-electron chi connectivity index (χ4n) is 1.66. The van der Waals surface area contributed by atoms with Crippen molar-refractivity contribution >= 4 is 5.95 Å². The van der Waals surface area contributed by atoms with E-state index in [1.807, 2.05) is 12.4 Å². The minimum Gasteiger partial charge on any atom is -0.396 e. The van der Waals surface area contributed by atoms with Gasteiger partial charge in [0, 0.05) is 25.5 Å². The van der Waals surface area contributed by atoms with E-state index in [0.717, 1.165) is 13.0 Å². The van der Waals surface area contributed by atoms with Crippen LogP contribution in [0.15, 0.2) is 12.4 Å². The minimum absolute atomic E-state index is 0.202. The molecule has 2 N–H and O–H groups in total. The Bertz CT molecular complexity index is 295. The van der Waals surface area contributed by atoms with Gasteiger partial charge >= 0.3 is 0 Å². The van der Waals surface area contributed by atoms with Crippen molar-refractivity contribution in [2.75, 3.05) is 18.5 Å². The molecule has 4 nitrogen and oxygen atoms in total. The highest BCUT2D eigenvalue weighted by molar-refractivity contribution is 5.26. The lowest BCUT2D eigenvalue weighted by atomic mass is 9.81. The lowest BCUT2D eigenvalue weighted by Gasteiger charge is -2.24. The molecule has 1 aromatic heterocycles. The molecule has 0 bridgehead atoms. The maximum atomic E-state index is 8.62. The van der Waals surface area contributed by atoms with Crippen molar-refractivity contribution in [3.05, 3.63) is 18.0 Å². The highest BCUT2D eigenvalue weighted by atomic mass is 16.3. The van der Waals surface area contributed by atoms with Crippen molar-refractivity contribution in [2.24, 2.45) is 0 Å². The van der Waals surface area contributed by atoms with Crippen LogP contribution in [0.1, 0.15) is 37.2 Å². The summed E-state index contributed by atoms with van der Waals surface area (Å²) < 4.78 is 0. The normalized spacial score (nSPS) is 16.1. The molecule has 82 valence electrons. The number of hydrogen-bond acceptors (Lipinski definition) is 4. The molecule has 0 aromatic carbocycles. The molecule has 15 heavy (non-hydrogen) atoms. The molecular weight excluding hydrogens is 190 g/mol. The Morgan fingerprint density at radius 1 is 1.33 bits per heavy atom. The monoisotopic (exact) mass is 207 g/mol. The third-order valence-electron chi connectivity index (χ3n) is 2.87. The Kier molecular flexibility index (Phi) is 3.50. The van der Waals surface area contributed by atoms with E-state index in [1.165, 1.54) is 24.8 Å². The molecule has 2 rings (SSSR count). The second-order valence-electron chi connectivity index (χ2n) is 3.97. The van der Waals surface area contributed by atoms with Crippen LogP contribution in [0.4, 0.5) is 5.95 Å². The van der Waals surface area contributed by atoms with Crippen molar-refractivity contribution in [3.63, 3.8) is 0 Å². The summed E-state index contributed by atoms with van der Waals surface area (Å²) in [6.07, 6.45) is 8.45. The molecule has 0 atom stereocenters. The smallest absolute Gasteiger partial charge is 0.222 e. The SMILES string of the molecule is OCCCNc1ncc(C2CCC2)cn1. The number of nitrogens with one attached hydrogen (secondary N) is 1. The maximum absolute atomic E-state index is 8.62.